The topological polar surface area (TPSA) is 50.7 Å². The molecule has 0 fully saturated rings. The van der Waals surface area contributed by atoms with Gasteiger partial charge in [-0.1, -0.05) is 26.2 Å². The van der Waals surface area contributed by atoms with Crippen LogP contribution in [0.5, 0.6) is 0 Å². The van der Waals surface area contributed by atoms with Gasteiger partial charge in [-0.3, -0.25) is 9.36 Å². The maximum atomic E-state index is 12.3. The van der Waals surface area contributed by atoms with Crippen molar-refractivity contribution >= 4 is 11.0 Å². The van der Waals surface area contributed by atoms with Crippen molar-refractivity contribution in [2.45, 2.75) is 53.0 Å². The summed E-state index contributed by atoms with van der Waals surface area (Å²) in [6, 6.07) is 1.88. The second kappa shape index (κ2) is 5.38. The van der Waals surface area contributed by atoms with Crippen molar-refractivity contribution in [1.29, 1.82) is 0 Å². The smallest absolute Gasteiger partial charge is 0.263 e. The van der Waals surface area contributed by atoms with Crippen molar-refractivity contribution in [3.63, 3.8) is 0 Å². The summed E-state index contributed by atoms with van der Waals surface area (Å²) in [7, 11) is 0. The molecule has 0 unspecified atom stereocenters. The summed E-state index contributed by atoms with van der Waals surface area (Å²) in [5.41, 5.74) is 1.77. The average Bonchev–Trinajstić information content (AvgIpc) is 2.69. The highest BCUT2D eigenvalue weighted by molar-refractivity contribution is 5.75. The van der Waals surface area contributed by atoms with Crippen LogP contribution in [0.3, 0.4) is 0 Å². The number of nitrogens with one attached hydrogen (secondary N) is 1. The molecule has 0 saturated heterocycles. The van der Waals surface area contributed by atoms with E-state index in [4.69, 9.17) is 0 Å². The fraction of sp³-hybridized carbons (Fsp3) is 0.571. The molecule has 0 aliphatic rings. The normalized spacial score (nSPS) is 11.3. The lowest BCUT2D eigenvalue weighted by molar-refractivity contribution is 0.556. The lowest BCUT2D eigenvalue weighted by Gasteiger charge is -2.08. The van der Waals surface area contributed by atoms with E-state index in [9.17, 15) is 4.79 Å². The molecule has 0 amide bonds. The SMILES string of the molecule is CCCCCCn1c(C)nc2[nH]c(C)cc2c1=O. The summed E-state index contributed by atoms with van der Waals surface area (Å²) in [6.07, 6.45) is 4.66. The van der Waals surface area contributed by atoms with Crippen LogP contribution >= 0.6 is 0 Å². The Morgan fingerprint density at radius 1 is 1.28 bits per heavy atom. The summed E-state index contributed by atoms with van der Waals surface area (Å²) in [5, 5.41) is 0.702. The third-order valence-electron chi connectivity index (χ3n) is 3.31. The molecule has 0 aliphatic heterocycles. The molecular weight excluding hydrogens is 226 g/mol. The van der Waals surface area contributed by atoms with E-state index in [2.05, 4.69) is 16.9 Å². The Balaban J connectivity index is 2.29. The van der Waals surface area contributed by atoms with Gasteiger partial charge in [-0.05, 0) is 26.3 Å². The molecule has 0 atom stereocenters. The van der Waals surface area contributed by atoms with Crippen molar-refractivity contribution in [1.82, 2.24) is 14.5 Å². The fourth-order valence-electron chi connectivity index (χ4n) is 2.30. The third kappa shape index (κ3) is 2.47. The molecule has 0 aliphatic carbocycles. The molecule has 4 nitrogen and oxygen atoms in total. The molecule has 1 N–H and O–H groups in total. The standard InChI is InChI=1S/C14H21N3O/c1-4-5-6-7-8-17-11(3)16-13-12(14(17)18)9-10(2)15-13/h9,15H,4-8H2,1-3H3. The highest BCUT2D eigenvalue weighted by Gasteiger charge is 2.09. The van der Waals surface area contributed by atoms with Gasteiger partial charge in [-0.15, -0.1) is 0 Å². The number of hydrogen-bond donors (Lipinski definition) is 1. The second-order valence-electron chi connectivity index (χ2n) is 4.89. The van der Waals surface area contributed by atoms with E-state index in [1.165, 1.54) is 19.3 Å². The molecule has 18 heavy (non-hydrogen) atoms. The maximum absolute atomic E-state index is 12.3. The van der Waals surface area contributed by atoms with E-state index in [0.717, 1.165) is 24.5 Å². The van der Waals surface area contributed by atoms with Crippen LogP contribution in [-0.4, -0.2) is 14.5 Å². The number of nitrogens with zero attached hydrogens (tertiary/aromatic N) is 2. The minimum atomic E-state index is 0.0818. The zero-order valence-corrected chi connectivity index (χ0v) is 11.4. The quantitative estimate of drug-likeness (QED) is 0.826. The summed E-state index contributed by atoms with van der Waals surface area (Å²) in [6.45, 7) is 6.81. The third-order valence-corrected chi connectivity index (χ3v) is 3.31. The fourth-order valence-corrected chi connectivity index (χ4v) is 2.30. The first kappa shape index (κ1) is 12.9. The first-order valence-electron chi connectivity index (χ1n) is 6.70. The summed E-state index contributed by atoms with van der Waals surface area (Å²) < 4.78 is 1.80. The Kier molecular flexibility index (Phi) is 3.84. The lowest BCUT2D eigenvalue weighted by atomic mass is 10.2. The van der Waals surface area contributed by atoms with Gasteiger partial charge in [0.2, 0.25) is 0 Å². The van der Waals surface area contributed by atoms with Crippen LogP contribution in [-0.2, 0) is 6.54 Å². The molecular formula is C14H21N3O. The molecule has 0 radical (unpaired) electrons. The number of H-pyrrole nitrogens is 1. The van der Waals surface area contributed by atoms with Crippen molar-refractivity contribution in [2.24, 2.45) is 0 Å². The lowest BCUT2D eigenvalue weighted by Crippen LogP contribution is -2.23. The van der Waals surface area contributed by atoms with E-state index in [0.29, 0.717) is 11.0 Å². The van der Waals surface area contributed by atoms with Gasteiger partial charge >= 0.3 is 0 Å². The van der Waals surface area contributed by atoms with Crippen LogP contribution in [0.15, 0.2) is 10.9 Å². The summed E-state index contributed by atoms with van der Waals surface area (Å²) >= 11 is 0. The van der Waals surface area contributed by atoms with Gasteiger partial charge in [0, 0.05) is 12.2 Å². The van der Waals surface area contributed by atoms with Crippen molar-refractivity contribution < 1.29 is 0 Å². The van der Waals surface area contributed by atoms with E-state index in [1.54, 1.807) is 4.57 Å². The van der Waals surface area contributed by atoms with Crippen molar-refractivity contribution in [3.05, 3.63) is 27.9 Å². The number of aromatic amines is 1. The zero-order chi connectivity index (χ0) is 13.1. The molecule has 2 aromatic heterocycles. The number of rotatable bonds is 5. The summed E-state index contributed by atoms with van der Waals surface area (Å²) in [4.78, 5) is 19.9. The number of unbranched alkanes of at least 4 members (excludes halogenated alkanes) is 3. The molecule has 0 spiro atoms. The Morgan fingerprint density at radius 2 is 2.06 bits per heavy atom. The Bertz CT molecular complexity index is 595. The maximum Gasteiger partial charge on any atom is 0.263 e. The molecule has 2 aromatic rings. The van der Waals surface area contributed by atoms with Crippen LogP contribution in [0.1, 0.15) is 44.1 Å². The predicted octanol–water partition coefficient (Wildman–Crippen LogP) is 2.92. The highest BCUT2D eigenvalue weighted by atomic mass is 16.1. The van der Waals surface area contributed by atoms with Crippen LogP contribution in [0, 0.1) is 13.8 Å². The minimum Gasteiger partial charge on any atom is -0.343 e. The van der Waals surface area contributed by atoms with Crippen LogP contribution < -0.4 is 5.56 Å². The Hall–Kier alpha value is -1.58. The molecule has 2 rings (SSSR count). The summed E-state index contributed by atoms with van der Waals surface area (Å²) in [5.74, 6) is 0.797. The van der Waals surface area contributed by atoms with Gasteiger partial charge in [-0.25, -0.2) is 4.98 Å². The zero-order valence-electron chi connectivity index (χ0n) is 11.4. The average molecular weight is 247 g/mol. The molecule has 0 saturated carbocycles. The molecule has 2 heterocycles. The van der Waals surface area contributed by atoms with Crippen molar-refractivity contribution in [3.8, 4) is 0 Å². The predicted molar refractivity (Wildman–Crippen MR) is 74.0 cm³/mol. The molecule has 0 bridgehead atoms. The minimum absolute atomic E-state index is 0.0818. The number of aryl methyl sites for hydroxylation is 2. The van der Waals surface area contributed by atoms with Crippen LogP contribution in [0.25, 0.3) is 11.0 Å². The number of hydrogen-bond acceptors (Lipinski definition) is 2. The molecule has 0 aromatic carbocycles. The van der Waals surface area contributed by atoms with Gasteiger partial charge in [0.1, 0.15) is 11.5 Å². The number of fused-ring (bicyclic) bond motifs is 1. The van der Waals surface area contributed by atoms with Gasteiger partial charge in [0.05, 0.1) is 5.39 Å². The van der Waals surface area contributed by atoms with E-state index >= 15 is 0 Å². The Labute approximate surface area is 107 Å². The number of aromatic nitrogens is 3. The highest BCUT2D eigenvalue weighted by Crippen LogP contribution is 2.10. The first-order chi connectivity index (χ1) is 8.63. The largest absolute Gasteiger partial charge is 0.343 e. The van der Waals surface area contributed by atoms with Gasteiger partial charge in [0.15, 0.2) is 0 Å². The van der Waals surface area contributed by atoms with Gasteiger partial charge < -0.3 is 4.98 Å². The van der Waals surface area contributed by atoms with E-state index in [1.807, 2.05) is 19.9 Å². The monoisotopic (exact) mass is 247 g/mol. The first-order valence-corrected chi connectivity index (χ1v) is 6.70. The molecule has 4 heteroatoms. The molecule has 98 valence electrons. The Morgan fingerprint density at radius 3 is 2.78 bits per heavy atom. The van der Waals surface area contributed by atoms with Crippen LogP contribution in [0.4, 0.5) is 0 Å². The van der Waals surface area contributed by atoms with Gasteiger partial charge in [0.25, 0.3) is 5.56 Å². The van der Waals surface area contributed by atoms with Crippen molar-refractivity contribution in [2.75, 3.05) is 0 Å². The van der Waals surface area contributed by atoms with Gasteiger partial charge in [-0.2, -0.15) is 0 Å². The second-order valence-corrected chi connectivity index (χ2v) is 4.89. The van der Waals surface area contributed by atoms with E-state index in [-0.39, 0.29) is 5.56 Å². The van der Waals surface area contributed by atoms with E-state index < -0.39 is 0 Å². The van der Waals surface area contributed by atoms with Crippen LogP contribution in [0.2, 0.25) is 0 Å².